The zero-order valence-corrected chi connectivity index (χ0v) is 9.25. The van der Waals surface area contributed by atoms with Crippen LogP contribution in [0, 0.1) is 5.41 Å². The molecule has 1 saturated heterocycles. The molecule has 1 aliphatic heterocycles. The smallest absolute Gasteiger partial charge is 0.309 e. The minimum atomic E-state index is -0.601. The fourth-order valence-electron chi connectivity index (χ4n) is 2.24. The quantitative estimate of drug-likeness (QED) is 0.752. The van der Waals surface area contributed by atoms with Crippen LogP contribution in [-0.2, 0) is 4.79 Å². The van der Waals surface area contributed by atoms with Gasteiger partial charge in [-0.1, -0.05) is 13.8 Å². The van der Waals surface area contributed by atoms with Crippen molar-refractivity contribution < 1.29 is 9.90 Å². The summed E-state index contributed by atoms with van der Waals surface area (Å²) >= 11 is 0. The van der Waals surface area contributed by atoms with Crippen LogP contribution >= 0.6 is 0 Å². The number of likely N-dealkylation sites (tertiary alicyclic amines) is 1. The van der Waals surface area contributed by atoms with Crippen molar-refractivity contribution in [3.8, 4) is 0 Å². The Bertz CT molecular complexity index is 195. The van der Waals surface area contributed by atoms with Crippen molar-refractivity contribution in [2.45, 2.75) is 39.5 Å². The summed E-state index contributed by atoms with van der Waals surface area (Å²) in [6, 6.07) is 0. The molecule has 0 radical (unpaired) electrons. The van der Waals surface area contributed by atoms with Gasteiger partial charge in [0.1, 0.15) is 0 Å². The van der Waals surface area contributed by atoms with Crippen LogP contribution in [0.15, 0.2) is 0 Å². The number of nitrogens with zero attached hydrogens (tertiary/aromatic N) is 1. The summed E-state index contributed by atoms with van der Waals surface area (Å²) in [4.78, 5) is 13.5. The van der Waals surface area contributed by atoms with Gasteiger partial charge in [-0.15, -0.1) is 0 Å². The zero-order chi connectivity index (χ0) is 10.6. The van der Waals surface area contributed by atoms with Gasteiger partial charge >= 0.3 is 5.97 Å². The van der Waals surface area contributed by atoms with E-state index in [9.17, 15) is 9.90 Å². The first-order chi connectivity index (χ1) is 6.64. The second kappa shape index (κ2) is 4.78. The van der Waals surface area contributed by atoms with Gasteiger partial charge in [0.05, 0.1) is 5.41 Å². The Kier molecular flexibility index (Phi) is 3.93. The van der Waals surface area contributed by atoms with Gasteiger partial charge in [-0.3, -0.25) is 4.79 Å². The third-order valence-corrected chi connectivity index (χ3v) is 3.48. The number of hydrogen-bond donors (Lipinski definition) is 1. The molecule has 14 heavy (non-hydrogen) atoms. The highest BCUT2D eigenvalue weighted by Crippen LogP contribution is 2.34. The van der Waals surface area contributed by atoms with Gasteiger partial charge in [-0.2, -0.15) is 0 Å². The number of carbonyl (C=O) groups is 1. The maximum atomic E-state index is 11.2. The highest BCUT2D eigenvalue weighted by Gasteiger charge is 2.39. The maximum absolute atomic E-state index is 11.2. The van der Waals surface area contributed by atoms with Gasteiger partial charge in [-0.05, 0) is 45.3 Å². The molecular weight excluding hydrogens is 178 g/mol. The minimum absolute atomic E-state index is 0.426. The van der Waals surface area contributed by atoms with Crippen LogP contribution in [0.4, 0.5) is 0 Å². The van der Waals surface area contributed by atoms with E-state index in [1.54, 1.807) is 0 Å². The van der Waals surface area contributed by atoms with Gasteiger partial charge in [0.2, 0.25) is 0 Å². The molecule has 3 nitrogen and oxygen atoms in total. The maximum Gasteiger partial charge on any atom is 0.309 e. The van der Waals surface area contributed by atoms with Crippen LogP contribution in [-0.4, -0.2) is 35.6 Å². The SMILES string of the molecule is CCCN1CCC(CC)(C(=O)O)CC1. The topological polar surface area (TPSA) is 40.5 Å². The number of piperidine rings is 1. The van der Waals surface area contributed by atoms with E-state index in [4.69, 9.17) is 0 Å². The summed E-state index contributed by atoms with van der Waals surface area (Å²) < 4.78 is 0. The van der Waals surface area contributed by atoms with Gasteiger partial charge < -0.3 is 10.0 Å². The molecule has 1 fully saturated rings. The minimum Gasteiger partial charge on any atom is -0.481 e. The largest absolute Gasteiger partial charge is 0.481 e. The molecular formula is C11H21NO2. The lowest BCUT2D eigenvalue weighted by Crippen LogP contribution is -2.44. The fraction of sp³-hybridized carbons (Fsp3) is 0.909. The summed E-state index contributed by atoms with van der Waals surface area (Å²) in [5, 5.41) is 9.19. The van der Waals surface area contributed by atoms with E-state index >= 15 is 0 Å². The second-order valence-corrected chi connectivity index (χ2v) is 4.28. The molecule has 0 spiro atoms. The van der Waals surface area contributed by atoms with E-state index in [1.807, 2.05) is 6.92 Å². The average molecular weight is 199 g/mol. The van der Waals surface area contributed by atoms with Crippen molar-refractivity contribution in [2.24, 2.45) is 5.41 Å². The van der Waals surface area contributed by atoms with E-state index in [-0.39, 0.29) is 0 Å². The summed E-state index contributed by atoms with van der Waals surface area (Å²) in [5.74, 6) is -0.601. The molecule has 3 heteroatoms. The van der Waals surface area contributed by atoms with Crippen molar-refractivity contribution in [3.63, 3.8) is 0 Å². The molecule has 0 unspecified atom stereocenters. The third kappa shape index (κ3) is 2.27. The highest BCUT2D eigenvalue weighted by molar-refractivity contribution is 5.74. The van der Waals surface area contributed by atoms with Crippen molar-refractivity contribution in [1.29, 1.82) is 0 Å². The molecule has 0 aliphatic carbocycles. The van der Waals surface area contributed by atoms with Crippen LogP contribution in [0.1, 0.15) is 39.5 Å². The van der Waals surface area contributed by atoms with Crippen LogP contribution in [0.2, 0.25) is 0 Å². The van der Waals surface area contributed by atoms with E-state index in [2.05, 4.69) is 11.8 Å². The number of aliphatic carboxylic acids is 1. The first-order valence-corrected chi connectivity index (χ1v) is 5.60. The molecule has 82 valence electrons. The fourth-order valence-corrected chi connectivity index (χ4v) is 2.24. The van der Waals surface area contributed by atoms with Gasteiger partial charge in [0, 0.05) is 0 Å². The molecule has 0 bridgehead atoms. The van der Waals surface area contributed by atoms with E-state index in [0.29, 0.717) is 0 Å². The summed E-state index contributed by atoms with van der Waals surface area (Å²) in [6.45, 7) is 7.17. The molecule has 1 aliphatic rings. The van der Waals surface area contributed by atoms with Crippen molar-refractivity contribution in [1.82, 2.24) is 4.90 Å². The predicted molar refractivity (Wildman–Crippen MR) is 56.3 cm³/mol. The Morgan fingerprint density at radius 1 is 1.36 bits per heavy atom. The number of rotatable bonds is 4. The van der Waals surface area contributed by atoms with Gasteiger partial charge in [0.25, 0.3) is 0 Å². The van der Waals surface area contributed by atoms with Crippen LogP contribution in [0.5, 0.6) is 0 Å². The van der Waals surface area contributed by atoms with Gasteiger partial charge in [-0.25, -0.2) is 0 Å². The van der Waals surface area contributed by atoms with Crippen molar-refractivity contribution >= 4 is 5.97 Å². The van der Waals surface area contributed by atoms with Crippen molar-refractivity contribution in [3.05, 3.63) is 0 Å². The molecule has 0 aromatic heterocycles. The summed E-state index contributed by atoms with van der Waals surface area (Å²) in [6.07, 6.45) is 3.56. The Hall–Kier alpha value is -0.570. The first-order valence-electron chi connectivity index (χ1n) is 5.60. The first kappa shape index (κ1) is 11.5. The number of carboxylic acids is 1. The third-order valence-electron chi connectivity index (χ3n) is 3.48. The Balaban J connectivity index is 2.50. The Labute approximate surface area is 86.1 Å². The lowest BCUT2D eigenvalue weighted by Gasteiger charge is -2.38. The standard InChI is InChI=1S/C11H21NO2/c1-3-7-12-8-5-11(4-2,6-9-12)10(13)14/h3-9H2,1-2H3,(H,13,14). The molecule has 1 heterocycles. The monoisotopic (exact) mass is 199 g/mol. The lowest BCUT2D eigenvalue weighted by atomic mass is 9.76. The second-order valence-electron chi connectivity index (χ2n) is 4.28. The highest BCUT2D eigenvalue weighted by atomic mass is 16.4. The molecule has 0 aromatic rings. The zero-order valence-electron chi connectivity index (χ0n) is 9.25. The Morgan fingerprint density at radius 2 is 1.93 bits per heavy atom. The predicted octanol–water partition coefficient (Wildman–Crippen LogP) is 1.97. The Morgan fingerprint density at radius 3 is 2.29 bits per heavy atom. The normalized spacial score (nSPS) is 22.1. The summed E-state index contributed by atoms with van der Waals surface area (Å²) in [5.41, 5.74) is -0.426. The summed E-state index contributed by atoms with van der Waals surface area (Å²) in [7, 11) is 0. The lowest BCUT2D eigenvalue weighted by molar-refractivity contribution is -0.152. The molecule has 0 amide bonds. The number of carboxylic acid groups (broad SMARTS) is 1. The van der Waals surface area contributed by atoms with Crippen LogP contribution < -0.4 is 0 Å². The number of hydrogen-bond acceptors (Lipinski definition) is 2. The molecule has 0 saturated carbocycles. The van der Waals surface area contributed by atoms with Crippen molar-refractivity contribution in [2.75, 3.05) is 19.6 Å². The molecule has 1 N–H and O–H groups in total. The van der Waals surface area contributed by atoms with Crippen LogP contribution in [0.25, 0.3) is 0 Å². The van der Waals surface area contributed by atoms with E-state index in [0.717, 1.165) is 45.3 Å². The molecule has 1 rings (SSSR count). The van der Waals surface area contributed by atoms with Gasteiger partial charge in [0.15, 0.2) is 0 Å². The molecule has 0 aromatic carbocycles. The van der Waals surface area contributed by atoms with Crippen LogP contribution in [0.3, 0.4) is 0 Å². The molecule has 0 atom stereocenters. The van der Waals surface area contributed by atoms with E-state index in [1.165, 1.54) is 0 Å². The van der Waals surface area contributed by atoms with E-state index < -0.39 is 11.4 Å². The average Bonchev–Trinajstić information content (AvgIpc) is 2.19.